The molecular formula is C8H7N7. The largest absolute Gasteiger partial charge is 0.343 e. The van der Waals surface area contributed by atoms with Crippen molar-refractivity contribution < 1.29 is 0 Å². The van der Waals surface area contributed by atoms with Gasteiger partial charge in [-0.05, 0) is 0 Å². The minimum absolute atomic E-state index is 0.717. The van der Waals surface area contributed by atoms with E-state index >= 15 is 0 Å². The Kier molecular flexibility index (Phi) is 1.61. The number of hydrogen-bond donors (Lipinski definition) is 2. The van der Waals surface area contributed by atoms with E-state index in [-0.39, 0.29) is 0 Å². The molecule has 0 aliphatic rings. The quantitative estimate of drug-likeness (QED) is 0.627. The molecular weight excluding hydrogens is 194 g/mol. The Bertz CT molecular complexity index is 485. The summed E-state index contributed by atoms with van der Waals surface area (Å²) in [6.45, 7) is 0. The van der Waals surface area contributed by atoms with Crippen molar-refractivity contribution in [2.75, 3.05) is 0 Å². The first kappa shape index (κ1) is 7.92. The minimum atomic E-state index is 0.717. The molecule has 0 aliphatic heterocycles. The molecule has 15 heavy (non-hydrogen) atoms. The molecule has 0 amide bonds. The molecule has 7 heteroatoms. The molecule has 3 rings (SSSR count). The van der Waals surface area contributed by atoms with Crippen LogP contribution in [0.25, 0.3) is 17.3 Å². The van der Waals surface area contributed by atoms with Crippen molar-refractivity contribution in [2.24, 2.45) is 0 Å². The molecule has 2 N–H and O–H groups in total. The van der Waals surface area contributed by atoms with E-state index in [1.54, 1.807) is 35.5 Å². The van der Waals surface area contributed by atoms with Crippen molar-refractivity contribution >= 4 is 0 Å². The highest BCUT2D eigenvalue weighted by atomic mass is 15.5. The normalized spacial score (nSPS) is 10.7. The highest BCUT2D eigenvalue weighted by Gasteiger charge is 2.10. The van der Waals surface area contributed by atoms with Crippen LogP contribution in [-0.4, -0.2) is 35.2 Å². The highest BCUT2D eigenvalue weighted by Crippen LogP contribution is 2.15. The summed E-state index contributed by atoms with van der Waals surface area (Å²) in [7, 11) is 0. The van der Waals surface area contributed by atoms with Gasteiger partial charge in [-0.15, -0.1) is 5.10 Å². The van der Waals surface area contributed by atoms with Gasteiger partial charge in [0.25, 0.3) is 0 Å². The van der Waals surface area contributed by atoms with Gasteiger partial charge in [0, 0.05) is 18.5 Å². The van der Waals surface area contributed by atoms with E-state index in [0.29, 0.717) is 0 Å². The van der Waals surface area contributed by atoms with Crippen molar-refractivity contribution in [3.8, 4) is 17.3 Å². The topological polar surface area (TPSA) is 88.1 Å². The van der Waals surface area contributed by atoms with Gasteiger partial charge in [0.1, 0.15) is 5.69 Å². The van der Waals surface area contributed by atoms with Crippen molar-refractivity contribution in [1.82, 2.24) is 35.2 Å². The monoisotopic (exact) mass is 201 g/mol. The van der Waals surface area contributed by atoms with E-state index in [4.69, 9.17) is 0 Å². The van der Waals surface area contributed by atoms with E-state index in [1.807, 2.05) is 0 Å². The van der Waals surface area contributed by atoms with Crippen molar-refractivity contribution in [2.45, 2.75) is 0 Å². The zero-order valence-corrected chi connectivity index (χ0v) is 7.62. The molecule has 0 saturated heterocycles. The molecule has 0 atom stereocenters. The highest BCUT2D eigenvalue weighted by molar-refractivity contribution is 5.50. The van der Waals surface area contributed by atoms with E-state index in [0.717, 1.165) is 17.3 Å². The van der Waals surface area contributed by atoms with Gasteiger partial charge in [0.2, 0.25) is 0 Å². The second-order valence-corrected chi connectivity index (χ2v) is 2.91. The van der Waals surface area contributed by atoms with E-state index in [1.165, 1.54) is 0 Å². The second kappa shape index (κ2) is 3.05. The first-order chi connectivity index (χ1) is 7.45. The standard InChI is InChI=1S/C8H7N7/c1-2-11-13-7(1)15-6(5-12-14-15)8-9-3-4-10-8/h1-5H,(H,9,10)(H,11,13). The molecule has 0 unspecified atom stereocenters. The van der Waals surface area contributed by atoms with Crippen LogP contribution >= 0.6 is 0 Å². The lowest BCUT2D eigenvalue weighted by Gasteiger charge is -1.99. The van der Waals surface area contributed by atoms with Crippen LogP contribution in [0.5, 0.6) is 0 Å². The van der Waals surface area contributed by atoms with Crippen LogP contribution in [0.3, 0.4) is 0 Å². The lowest BCUT2D eigenvalue weighted by molar-refractivity contribution is 0.778. The minimum Gasteiger partial charge on any atom is -0.343 e. The van der Waals surface area contributed by atoms with E-state index in [2.05, 4.69) is 30.5 Å². The Labute approximate surface area is 84.2 Å². The Hall–Kier alpha value is -2.44. The number of nitrogens with one attached hydrogen (secondary N) is 2. The predicted octanol–water partition coefficient (Wildman–Crippen LogP) is 0.380. The van der Waals surface area contributed by atoms with Gasteiger partial charge in [-0.3, -0.25) is 5.10 Å². The van der Waals surface area contributed by atoms with Gasteiger partial charge in [-0.25, -0.2) is 4.98 Å². The zero-order chi connectivity index (χ0) is 10.1. The maximum Gasteiger partial charge on any atom is 0.157 e. The fourth-order valence-electron chi connectivity index (χ4n) is 1.35. The smallest absolute Gasteiger partial charge is 0.157 e. The van der Waals surface area contributed by atoms with Gasteiger partial charge in [-0.1, -0.05) is 5.21 Å². The van der Waals surface area contributed by atoms with Crippen LogP contribution in [0.4, 0.5) is 0 Å². The van der Waals surface area contributed by atoms with Crippen LogP contribution in [0.2, 0.25) is 0 Å². The molecule has 0 saturated carbocycles. The number of aromatic nitrogens is 7. The molecule has 0 spiro atoms. The molecule has 3 heterocycles. The summed E-state index contributed by atoms with van der Waals surface area (Å²) in [4.78, 5) is 7.13. The summed E-state index contributed by atoms with van der Waals surface area (Å²) in [6, 6.07) is 1.81. The van der Waals surface area contributed by atoms with Crippen LogP contribution in [0.1, 0.15) is 0 Å². The molecule has 74 valence electrons. The molecule has 3 aromatic rings. The molecule has 0 aliphatic carbocycles. The fraction of sp³-hybridized carbons (Fsp3) is 0. The summed E-state index contributed by atoms with van der Waals surface area (Å²) in [5.74, 6) is 1.47. The molecule has 0 aromatic carbocycles. The number of H-pyrrole nitrogens is 2. The third-order valence-corrected chi connectivity index (χ3v) is 2.00. The van der Waals surface area contributed by atoms with Crippen LogP contribution in [0.15, 0.2) is 30.9 Å². The summed E-state index contributed by atoms with van der Waals surface area (Å²) in [6.07, 6.45) is 6.72. The summed E-state index contributed by atoms with van der Waals surface area (Å²) in [5, 5.41) is 14.5. The van der Waals surface area contributed by atoms with E-state index in [9.17, 15) is 0 Å². The Morgan fingerprint density at radius 2 is 2.27 bits per heavy atom. The Balaban J connectivity index is 2.15. The Morgan fingerprint density at radius 3 is 3.00 bits per heavy atom. The second-order valence-electron chi connectivity index (χ2n) is 2.91. The molecule has 7 nitrogen and oxygen atoms in total. The lowest BCUT2D eigenvalue weighted by atomic mass is 10.4. The third kappa shape index (κ3) is 1.21. The van der Waals surface area contributed by atoms with Crippen molar-refractivity contribution in [3.63, 3.8) is 0 Å². The van der Waals surface area contributed by atoms with Crippen molar-refractivity contribution in [1.29, 1.82) is 0 Å². The van der Waals surface area contributed by atoms with Crippen molar-refractivity contribution in [3.05, 3.63) is 30.9 Å². The lowest BCUT2D eigenvalue weighted by Crippen LogP contribution is -2.00. The number of rotatable bonds is 2. The molecule has 0 fully saturated rings. The van der Waals surface area contributed by atoms with Gasteiger partial charge in [0.15, 0.2) is 11.6 Å². The van der Waals surface area contributed by atoms with Crippen LogP contribution in [-0.2, 0) is 0 Å². The average molecular weight is 201 g/mol. The molecule has 3 aromatic heterocycles. The third-order valence-electron chi connectivity index (χ3n) is 2.00. The van der Waals surface area contributed by atoms with Gasteiger partial charge < -0.3 is 4.98 Å². The number of aromatic amines is 2. The predicted molar refractivity (Wildman–Crippen MR) is 51.1 cm³/mol. The number of hydrogen-bond acceptors (Lipinski definition) is 4. The summed E-state index contributed by atoms with van der Waals surface area (Å²) in [5.41, 5.74) is 0.782. The maximum absolute atomic E-state index is 4.14. The van der Waals surface area contributed by atoms with Gasteiger partial charge in [0.05, 0.1) is 12.4 Å². The maximum atomic E-state index is 4.14. The number of nitrogens with zero attached hydrogens (tertiary/aromatic N) is 5. The first-order valence-corrected chi connectivity index (χ1v) is 4.35. The average Bonchev–Trinajstić information content (AvgIpc) is 3.01. The summed E-state index contributed by atoms with van der Waals surface area (Å²) >= 11 is 0. The number of imidazole rings is 1. The Morgan fingerprint density at radius 1 is 1.27 bits per heavy atom. The SMILES string of the molecule is c1cc(-n2nncc2-c2ncc[nH]2)[nH]n1. The summed E-state index contributed by atoms with van der Waals surface area (Å²) < 4.78 is 1.63. The van der Waals surface area contributed by atoms with Crippen LogP contribution < -0.4 is 0 Å². The van der Waals surface area contributed by atoms with E-state index < -0.39 is 0 Å². The van der Waals surface area contributed by atoms with Gasteiger partial charge in [-0.2, -0.15) is 9.78 Å². The zero-order valence-electron chi connectivity index (χ0n) is 7.62. The fourth-order valence-corrected chi connectivity index (χ4v) is 1.35. The van der Waals surface area contributed by atoms with Gasteiger partial charge >= 0.3 is 0 Å². The molecule has 0 radical (unpaired) electrons. The molecule has 0 bridgehead atoms. The first-order valence-electron chi connectivity index (χ1n) is 4.35. The van der Waals surface area contributed by atoms with Crippen LogP contribution in [0, 0.1) is 0 Å².